The maximum Gasteiger partial charge on any atom is 0.142 e. The zero-order valence-corrected chi connectivity index (χ0v) is 10.6. The van der Waals surface area contributed by atoms with Crippen LogP contribution in [0.1, 0.15) is 19.8 Å². The minimum Gasteiger partial charge on any atom is -0.390 e. The molecule has 15 heavy (non-hydrogen) atoms. The molecule has 0 radical (unpaired) electrons. The van der Waals surface area contributed by atoms with Gasteiger partial charge in [-0.2, -0.15) is 0 Å². The van der Waals surface area contributed by atoms with Crippen molar-refractivity contribution in [1.29, 1.82) is 0 Å². The van der Waals surface area contributed by atoms with Gasteiger partial charge >= 0.3 is 0 Å². The number of aliphatic hydroxyl groups is 1. The number of halogens is 2. The second-order valence-electron chi connectivity index (χ2n) is 4.21. The summed E-state index contributed by atoms with van der Waals surface area (Å²) in [4.78, 5) is 4.17. The molecule has 1 aliphatic rings. The summed E-state index contributed by atoms with van der Waals surface area (Å²) >= 11 is 9.19. The van der Waals surface area contributed by atoms with Crippen molar-refractivity contribution >= 4 is 33.3 Å². The van der Waals surface area contributed by atoms with Gasteiger partial charge in [0.1, 0.15) is 11.0 Å². The molecule has 1 aliphatic carbocycles. The van der Waals surface area contributed by atoms with Gasteiger partial charge in [0.05, 0.1) is 10.1 Å². The van der Waals surface area contributed by atoms with Crippen molar-refractivity contribution in [3.05, 3.63) is 21.8 Å². The van der Waals surface area contributed by atoms with E-state index in [-0.39, 0.29) is 6.04 Å². The lowest BCUT2D eigenvalue weighted by molar-refractivity contribution is -0.0235. The van der Waals surface area contributed by atoms with E-state index in [4.69, 9.17) is 11.6 Å². The van der Waals surface area contributed by atoms with Crippen molar-refractivity contribution in [2.75, 3.05) is 5.32 Å². The number of pyridine rings is 1. The van der Waals surface area contributed by atoms with E-state index in [9.17, 15) is 5.11 Å². The smallest absolute Gasteiger partial charge is 0.142 e. The van der Waals surface area contributed by atoms with Gasteiger partial charge in [0.2, 0.25) is 0 Å². The van der Waals surface area contributed by atoms with Crippen molar-refractivity contribution in [2.45, 2.75) is 31.4 Å². The third-order valence-electron chi connectivity index (χ3n) is 2.53. The van der Waals surface area contributed by atoms with Crippen molar-refractivity contribution in [2.24, 2.45) is 0 Å². The first kappa shape index (κ1) is 11.2. The van der Waals surface area contributed by atoms with Gasteiger partial charge in [0.15, 0.2) is 0 Å². The molecule has 1 heterocycles. The summed E-state index contributed by atoms with van der Waals surface area (Å²) in [6, 6.07) is 3.87. The largest absolute Gasteiger partial charge is 0.390 e. The highest BCUT2D eigenvalue weighted by atomic mass is 79.9. The first-order valence-electron chi connectivity index (χ1n) is 4.77. The van der Waals surface area contributed by atoms with Crippen LogP contribution in [0.15, 0.2) is 16.6 Å². The van der Waals surface area contributed by atoms with E-state index in [1.165, 1.54) is 0 Å². The van der Waals surface area contributed by atoms with Crippen LogP contribution in [0, 0.1) is 0 Å². The lowest BCUT2D eigenvalue weighted by atomic mass is 9.77. The average Bonchev–Trinajstić information content (AvgIpc) is 2.08. The van der Waals surface area contributed by atoms with E-state index in [2.05, 4.69) is 26.2 Å². The van der Waals surface area contributed by atoms with Crippen LogP contribution in [0.5, 0.6) is 0 Å². The minimum atomic E-state index is -0.525. The molecular weight excluding hydrogens is 279 g/mol. The quantitative estimate of drug-likeness (QED) is 0.824. The fourth-order valence-electron chi connectivity index (χ4n) is 1.82. The number of hydrogen-bond acceptors (Lipinski definition) is 3. The van der Waals surface area contributed by atoms with Crippen LogP contribution in [0.3, 0.4) is 0 Å². The fraction of sp³-hybridized carbons (Fsp3) is 0.500. The van der Waals surface area contributed by atoms with Gasteiger partial charge in [-0.15, -0.1) is 0 Å². The molecule has 0 amide bonds. The predicted molar refractivity (Wildman–Crippen MR) is 64.2 cm³/mol. The average molecular weight is 292 g/mol. The van der Waals surface area contributed by atoms with Crippen LogP contribution >= 0.6 is 27.5 Å². The van der Waals surface area contributed by atoms with Gasteiger partial charge in [-0.05, 0) is 47.8 Å². The molecule has 1 aromatic heterocycles. The lowest BCUT2D eigenvalue weighted by Gasteiger charge is -2.41. The van der Waals surface area contributed by atoms with Crippen LogP contribution in [0.4, 0.5) is 5.82 Å². The van der Waals surface area contributed by atoms with Gasteiger partial charge < -0.3 is 10.4 Å². The Morgan fingerprint density at radius 2 is 2.27 bits per heavy atom. The molecule has 2 N–H and O–H groups in total. The van der Waals surface area contributed by atoms with E-state index in [1.54, 1.807) is 6.07 Å². The van der Waals surface area contributed by atoms with Gasteiger partial charge in [-0.25, -0.2) is 4.98 Å². The SMILES string of the molecule is CC1(O)CC(Nc2nc(Cl)ccc2Br)C1. The van der Waals surface area contributed by atoms with E-state index in [0.29, 0.717) is 5.15 Å². The normalized spacial score (nSPS) is 29.7. The van der Waals surface area contributed by atoms with Crippen LogP contribution in [-0.4, -0.2) is 21.7 Å². The molecule has 3 nitrogen and oxygen atoms in total. The molecule has 0 bridgehead atoms. The van der Waals surface area contributed by atoms with Crippen molar-refractivity contribution in [1.82, 2.24) is 4.98 Å². The molecule has 0 aromatic carbocycles. The van der Waals surface area contributed by atoms with Crippen LogP contribution in [0.2, 0.25) is 5.15 Å². The first-order chi connectivity index (χ1) is 6.96. The molecule has 0 unspecified atom stereocenters. The van der Waals surface area contributed by atoms with Crippen LogP contribution in [0.25, 0.3) is 0 Å². The molecule has 2 rings (SSSR count). The Bertz CT molecular complexity index is 376. The zero-order chi connectivity index (χ0) is 11.1. The standard InChI is InChI=1S/C10H12BrClN2O/c1-10(15)4-6(5-10)13-9-7(11)2-3-8(12)14-9/h2-3,6,15H,4-5H2,1H3,(H,13,14). The molecule has 0 aliphatic heterocycles. The number of nitrogens with zero attached hydrogens (tertiary/aromatic N) is 1. The summed E-state index contributed by atoms with van der Waals surface area (Å²) in [5.74, 6) is 0.739. The summed E-state index contributed by atoms with van der Waals surface area (Å²) in [6.07, 6.45) is 1.49. The fourth-order valence-corrected chi connectivity index (χ4v) is 2.30. The third kappa shape index (κ3) is 2.62. The van der Waals surface area contributed by atoms with Crippen LogP contribution in [-0.2, 0) is 0 Å². The predicted octanol–water partition coefficient (Wildman–Crippen LogP) is 2.82. The first-order valence-corrected chi connectivity index (χ1v) is 5.94. The van der Waals surface area contributed by atoms with E-state index < -0.39 is 5.60 Å². The molecular formula is C10H12BrClN2O. The third-order valence-corrected chi connectivity index (χ3v) is 3.38. The number of hydrogen-bond donors (Lipinski definition) is 2. The summed E-state index contributed by atoms with van der Waals surface area (Å²) < 4.78 is 0.887. The highest BCUT2D eigenvalue weighted by Gasteiger charge is 2.38. The summed E-state index contributed by atoms with van der Waals surface area (Å²) in [7, 11) is 0. The topological polar surface area (TPSA) is 45.1 Å². The highest BCUT2D eigenvalue weighted by Crippen LogP contribution is 2.34. The molecule has 82 valence electrons. The molecule has 0 spiro atoms. The Hall–Kier alpha value is -0.320. The minimum absolute atomic E-state index is 0.280. The molecule has 1 saturated carbocycles. The van der Waals surface area contributed by atoms with E-state index >= 15 is 0 Å². The maximum atomic E-state index is 9.59. The maximum absolute atomic E-state index is 9.59. The number of anilines is 1. The molecule has 0 atom stereocenters. The highest BCUT2D eigenvalue weighted by molar-refractivity contribution is 9.10. The van der Waals surface area contributed by atoms with Crippen LogP contribution < -0.4 is 5.32 Å². The molecule has 0 saturated heterocycles. The summed E-state index contributed by atoms with van der Waals surface area (Å²) in [5.41, 5.74) is -0.525. The van der Waals surface area contributed by atoms with Gasteiger partial charge in [-0.3, -0.25) is 0 Å². The Morgan fingerprint density at radius 1 is 1.60 bits per heavy atom. The second kappa shape index (κ2) is 3.92. The lowest BCUT2D eigenvalue weighted by Crippen LogP contribution is -2.48. The van der Waals surface area contributed by atoms with Gasteiger partial charge in [-0.1, -0.05) is 11.6 Å². The van der Waals surface area contributed by atoms with E-state index in [1.807, 2.05) is 13.0 Å². The van der Waals surface area contributed by atoms with Crippen molar-refractivity contribution in [3.63, 3.8) is 0 Å². The van der Waals surface area contributed by atoms with Gasteiger partial charge in [0.25, 0.3) is 0 Å². The van der Waals surface area contributed by atoms with Gasteiger partial charge in [0, 0.05) is 6.04 Å². The number of nitrogens with one attached hydrogen (secondary N) is 1. The Balaban J connectivity index is 2.03. The summed E-state index contributed by atoms with van der Waals surface area (Å²) in [5, 5.41) is 13.3. The monoisotopic (exact) mass is 290 g/mol. The van der Waals surface area contributed by atoms with E-state index in [0.717, 1.165) is 23.1 Å². The Morgan fingerprint density at radius 3 is 2.87 bits per heavy atom. The zero-order valence-electron chi connectivity index (χ0n) is 8.30. The number of rotatable bonds is 2. The summed E-state index contributed by atoms with van der Waals surface area (Å²) in [6.45, 7) is 1.84. The Kier molecular flexibility index (Phi) is 2.92. The Labute approximate surface area is 102 Å². The van der Waals surface area contributed by atoms with Crippen molar-refractivity contribution in [3.8, 4) is 0 Å². The second-order valence-corrected chi connectivity index (χ2v) is 5.45. The molecule has 1 aromatic rings. The van der Waals surface area contributed by atoms with Crippen molar-refractivity contribution < 1.29 is 5.11 Å². The molecule has 1 fully saturated rings. The molecule has 5 heteroatoms. The number of aromatic nitrogens is 1.